The summed E-state index contributed by atoms with van der Waals surface area (Å²) in [4.78, 5) is 6.89. The zero-order valence-corrected chi connectivity index (χ0v) is 10.7. The Morgan fingerprint density at radius 2 is 1.90 bits per heavy atom. The maximum absolute atomic E-state index is 12.7. The molecule has 0 spiro atoms. The van der Waals surface area contributed by atoms with Crippen molar-refractivity contribution in [1.29, 1.82) is 0 Å². The number of rotatable bonds is 3. The predicted molar refractivity (Wildman–Crippen MR) is 67.7 cm³/mol. The van der Waals surface area contributed by atoms with Crippen LogP contribution in [0.5, 0.6) is 0 Å². The number of hydrazine groups is 1. The third kappa shape index (κ3) is 2.52. The molecule has 1 aromatic heterocycles. The van der Waals surface area contributed by atoms with E-state index >= 15 is 0 Å². The molecule has 2 aliphatic carbocycles. The highest BCUT2D eigenvalue weighted by atomic mass is 19.4. The van der Waals surface area contributed by atoms with E-state index in [4.69, 9.17) is 5.84 Å². The summed E-state index contributed by atoms with van der Waals surface area (Å²) >= 11 is 0. The Labute approximate surface area is 114 Å². The summed E-state index contributed by atoms with van der Waals surface area (Å²) < 4.78 is 38.2. The molecule has 0 saturated heterocycles. The van der Waals surface area contributed by atoms with Crippen LogP contribution in [-0.4, -0.2) is 16.0 Å². The Morgan fingerprint density at radius 1 is 1.15 bits per heavy atom. The second-order valence-electron chi connectivity index (χ2n) is 5.53. The number of nitrogens with zero attached hydrogens (tertiary/aromatic N) is 2. The van der Waals surface area contributed by atoms with Gasteiger partial charge in [0.15, 0.2) is 0 Å². The first-order valence-corrected chi connectivity index (χ1v) is 6.65. The van der Waals surface area contributed by atoms with Gasteiger partial charge in [-0.25, -0.2) is 15.8 Å². The van der Waals surface area contributed by atoms with Crippen molar-refractivity contribution in [1.82, 2.24) is 9.97 Å². The van der Waals surface area contributed by atoms with Crippen LogP contribution in [0.4, 0.5) is 24.8 Å². The van der Waals surface area contributed by atoms with Crippen molar-refractivity contribution in [2.24, 2.45) is 17.7 Å². The van der Waals surface area contributed by atoms with Gasteiger partial charge in [-0.1, -0.05) is 6.42 Å². The Hall–Kier alpha value is -1.57. The van der Waals surface area contributed by atoms with E-state index in [0.29, 0.717) is 11.8 Å². The molecule has 3 unspecified atom stereocenters. The molecule has 2 aliphatic rings. The highest BCUT2D eigenvalue weighted by Crippen LogP contribution is 2.45. The van der Waals surface area contributed by atoms with E-state index in [1.54, 1.807) is 0 Å². The molecule has 0 aromatic carbocycles. The van der Waals surface area contributed by atoms with Crippen LogP contribution in [0, 0.1) is 11.8 Å². The SMILES string of the molecule is NNc1cc(NC2CC3CCC2C3)nc(C(F)(F)F)n1. The molecule has 3 rings (SSSR count). The van der Waals surface area contributed by atoms with Crippen LogP contribution >= 0.6 is 0 Å². The number of hydrogen-bond donors (Lipinski definition) is 3. The first kappa shape index (κ1) is 13.4. The molecular weight excluding hydrogens is 271 g/mol. The van der Waals surface area contributed by atoms with Gasteiger partial charge in [0.1, 0.15) is 11.6 Å². The van der Waals surface area contributed by atoms with E-state index in [-0.39, 0.29) is 17.7 Å². The third-order valence-corrected chi connectivity index (χ3v) is 4.20. The van der Waals surface area contributed by atoms with Gasteiger partial charge < -0.3 is 10.7 Å². The van der Waals surface area contributed by atoms with Crippen molar-refractivity contribution in [3.05, 3.63) is 11.9 Å². The summed E-state index contributed by atoms with van der Waals surface area (Å²) in [7, 11) is 0. The highest BCUT2D eigenvalue weighted by molar-refractivity contribution is 5.48. The Morgan fingerprint density at radius 3 is 2.45 bits per heavy atom. The van der Waals surface area contributed by atoms with Crippen molar-refractivity contribution in [3.63, 3.8) is 0 Å². The molecule has 2 saturated carbocycles. The fourth-order valence-corrected chi connectivity index (χ4v) is 3.33. The lowest BCUT2D eigenvalue weighted by atomic mass is 9.95. The lowest BCUT2D eigenvalue weighted by Crippen LogP contribution is -2.27. The maximum Gasteiger partial charge on any atom is 0.451 e. The van der Waals surface area contributed by atoms with Gasteiger partial charge in [-0.15, -0.1) is 0 Å². The van der Waals surface area contributed by atoms with E-state index in [2.05, 4.69) is 20.7 Å². The van der Waals surface area contributed by atoms with E-state index in [0.717, 1.165) is 19.3 Å². The molecule has 20 heavy (non-hydrogen) atoms. The molecule has 1 aromatic rings. The van der Waals surface area contributed by atoms with Crippen molar-refractivity contribution in [2.75, 3.05) is 10.7 Å². The standard InChI is InChI=1S/C12H16F3N5/c13-12(14,15)11-18-9(5-10(19-11)20-16)17-8-4-6-1-2-7(8)3-6/h5-8H,1-4,16H2,(H2,17,18,19,20). The van der Waals surface area contributed by atoms with Crippen LogP contribution in [0.15, 0.2) is 6.07 Å². The molecule has 0 radical (unpaired) electrons. The lowest BCUT2D eigenvalue weighted by molar-refractivity contribution is -0.144. The van der Waals surface area contributed by atoms with Gasteiger partial charge in [0.2, 0.25) is 5.82 Å². The number of anilines is 2. The average Bonchev–Trinajstić information content (AvgIpc) is 2.99. The van der Waals surface area contributed by atoms with Gasteiger partial charge in [0, 0.05) is 12.1 Å². The normalized spacial score (nSPS) is 28.7. The van der Waals surface area contributed by atoms with Crippen molar-refractivity contribution in [2.45, 2.75) is 37.9 Å². The van der Waals surface area contributed by atoms with Gasteiger partial charge in [-0.05, 0) is 31.1 Å². The molecule has 2 bridgehead atoms. The number of nitrogen functional groups attached to an aromatic ring is 1. The molecule has 2 fully saturated rings. The molecule has 0 aliphatic heterocycles. The van der Waals surface area contributed by atoms with Crippen LogP contribution in [0.25, 0.3) is 0 Å². The highest BCUT2D eigenvalue weighted by Gasteiger charge is 2.40. The number of hydrogen-bond acceptors (Lipinski definition) is 5. The fraction of sp³-hybridized carbons (Fsp3) is 0.667. The minimum absolute atomic E-state index is 0.0435. The lowest BCUT2D eigenvalue weighted by Gasteiger charge is -2.23. The van der Waals surface area contributed by atoms with Crippen LogP contribution < -0.4 is 16.6 Å². The molecule has 110 valence electrons. The van der Waals surface area contributed by atoms with Crippen LogP contribution in [0.3, 0.4) is 0 Å². The van der Waals surface area contributed by atoms with E-state index in [1.807, 2.05) is 0 Å². The number of nitrogens with one attached hydrogen (secondary N) is 2. The van der Waals surface area contributed by atoms with E-state index < -0.39 is 12.0 Å². The number of aromatic nitrogens is 2. The smallest absolute Gasteiger partial charge is 0.367 e. The van der Waals surface area contributed by atoms with Crippen LogP contribution in [-0.2, 0) is 6.18 Å². The summed E-state index contributed by atoms with van der Waals surface area (Å²) in [5.41, 5.74) is 2.15. The van der Waals surface area contributed by atoms with Crippen molar-refractivity contribution in [3.8, 4) is 0 Å². The number of fused-ring (bicyclic) bond motifs is 2. The number of nitrogens with two attached hydrogens (primary N) is 1. The van der Waals surface area contributed by atoms with Gasteiger partial charge in [0.25, 0.3) is 0 Å². The Balaban J connectivity index is 1.82. The zero-order chi connectivity index (χ0) is 14.3. The van der Waals surface area contributed by atoms with Crippen molar-refractivity contribution >= 4 is 11.6 Å². The second kappa shape index (κ2) is 4.76. The molecule has 8 heteroatoms. The summed E-state index contributed by atoms with van der Waals surface area (Å²) in [6.07, 6.45) is -0.0478. The molecule has 0 amide bonds. The van der Waals surface area contributed by atoms with Gasteiger partial charge in [0.05, 0.1) is 0 Å². The molecule has 4 N–H and O–H groups in total. The fourth-order valence-electron chi connectivity index (χ4n) is 3.33. The number of alkyl halides is 3. The van der Waals surface area contributed by atoms with E-state index in [9.17, 15) is 13.2 Å². The quantitative estimate of drug-likeness (QED) is 0.588. The molecule has 3 atom stereocenters. The predicted octanol–water partition coefficient (Wildman–Crippen LogP) is 2.38. The minimum Gasteiger partial charge on any atom is -0.367 e. The third-order valence-electron chi connectivity index (χ3n) is 4.20. The molecule has 1 heterocycles. The Bertz CT molecular complexity index is 504. The largest absolute Gasteiger partial charge is 0.451 e. The minimum atomic E-state index is -4.59. The monoisotopic (exact) mass is 287 g/mol. The van der Waals surface area contributed by atoms with Gasteiger partial charge in [-0.2, -0.15) is 13.2 Å². The van der Waals surface area contributed by atoms with Crippen LogP contribution in [0.1, 0.15) is 31.5 Å². The zero-order valence-electron chi connectivity index (χ0n) is 10.7. The number of halogens is 3. The topological polar surface area (TPSA) is 75.9 Å². The summed E-state index contributed by atoms with van der Waals surface area (Å²) in [6, 6.07) is 1.61. The summed E-state index contributed by atoms with van der Waals surface area (Å²) in [5, 5.41) is 3.11. The second-order valence-corrected chi connectivity index (χ2v) is 5.53. The maximum atomic E-state index is 12.7. The Kier molecular flexibility index (Phi) is 3.19. The van der Waals surface area contributed by atoms with E-state index in [1.165, 1.54) is 12.5 Å². The van der Waals surface area contributed by atoms with Crippen LogP contribution in [0.2, 0.25) is 0 Å². The average molecular weight is 287 g/mol. The first-order chi connectivity index (χ1) is 9.45. The van der Waals surface area contributed by atoms with Gasteiger partial charge in [-0.3, -0.25) is 0 Å². The molecule has 5 nitrogen and oxygen atoms in total. The first-order valence-electron chi connectivity index (χ1n) is 6.65. The summed E-state index contributed by atoms with van der Waals surface area (Å²) in [6.45, 7) is 0. The molecular formula is C12H16F3N5. The van der Waals surface area contributed by atoms with Crippen molar-refractivity contribution < 1.29 is 13.2 Å². The summed E-state index contributed by atoms with van der Waals surface area (Å²) in [5.74, 6) is 5.36. The van der Waals surface area contributed by atoms with Gasteiger partial charge >= 0.3 is 6.18 Å².